The first kappa shape index (κ1) is 15.3. The van der Waals surface area contributed by atoms with E-state index in [1.807, 2.05) is 0 Å². The SMILES string of the molecule is O=S(=O)(NCCc1nnc(-c2ccncc2)o1)c1ccccc1. The van der Waals surface area contributed by atoms with Crippen molar-refractivity contribution in [3.63, 3.8) is 0 Å². The Morgan fingerprint density at radius 3 is 2.48 bits per heavy atom. The van der Waals surface area contributed by atoms with E-state index in [1.165, 1.54) is 12.1 Å². The van der Waals surface area contributed by atoms with Gasteiger partial charge in [-0.3, -0.25) is 4.98 Å². The van der Waals surface area contributed by atoms with Crippen molar-refractivity contribution in [2.75, 3.05) is 6.54 Å². The van der Waals surface area contributed by atoms with Gasteiger partial charge in [-0.1, -0.05) is 18.2 Å². The Balaban J connectivity index is 1.61. The smallest absolute Gasteiger partial charge is 0.247 e. The summed E-state index contributed by atoms with van der Waals surface area (Å²) in [5.74, 6) is 0.751. The van der Waals surface area contributed by atoms with Crippen LogP contribution in [0.1, 0.15) is 5.89 Å². The van der Waals surface area contributed by atoms with Gasteiger partial charge in [0.1, 0.15) is 0 Å². The van der Waals surface area contributed by atoms with Crippen LogP contribution in [0.5, 0.6) is 0 Å². The fraction of sp³-hybridized carbons (Fsp3) is 0.133. The molecule has 23 heavy (non-hydrogen) atoms. The molecule has 0 aliphatic rings. The lowest BCUT2D eigenvalue weighted by atomic mass is 10.3. The van der Waals surface area contributed by atoms with Crippen LogP contribution in [0.4, 0.5) is 0 Å². The molecule has 0 atom stereocenters. The van der Waals surface area contributed by atoms with E-state index in [2.05, 4.69) is 19.9 Å². The van der Waals surface area contributed by atoms with Gasteiger partial charge < -0.3 is 4.42 Å². The van der Waals surface area contributed by atoms with Crippen LogP contribution in [0.15, 0.2) is 64.2 Å². The van der Waals surface area contributed by atoms with Crippen molar-refractivity contribution in [3.05, 3.63) is 60.7 Å². The lowest BCUT2D eigenvalue weighted by Crippen LogP contribution is -2.26. The molecular weight excluding hydrogens is 316 g/mol. The van der Waals surface area contributed by atoms with Crippen molar-refractivity contribution in [1.82, 2.24) is 19.9 Å². The molecule has 0 aliphatic heterocycles. The van der Waals surface area contributed by atoms with Gasteiger partial charge >= 0.3 is 0 Å². The van der Waals surface area contributed by atoms with Gasteiger partial charge in [0.15, 0.2) is 0 Å². The molecular formula is C15H14N4O3S. The van der Waals surface area contributed by atoms with Crippen LogP contribution in [-0.4, -0.2) is 30.1 Å². The molecule has 0 amide bonds. The molecule has 0 spiro atoms. The van der Waals surface area contributed by atoms with E-state index in [4.69, 9.17) is 4.42 Å². The van der Waals surface area contributed by atoms with Crippen LogP contribution in [0.2, 0.25) is 0 Å². The third-order valence-corrected chi connectivity index (χ3v) is 4.56. The van der Waals surface area contributed by atoms with Crippen molar-refractivity contribution in [3.8, 4) is 11.5 Å². The highest BCUT2D eigenvalue weighted by molar-refractivity contribution is 7.89. The number of hydrogen-bond acceptors (Lipinski definition) is 6. The molecule has 3 rings (SSSR count). The van der Waals surface area contributed by atoms with Crippen molar-refractivity contribution in [2.45, 2.75) is 11.3 Å². The predicted octanol–water partition coefficient (Wildman–Crippen LogP) is 1.65. The van der Waals surface area contributed by atoms with Crippen molar-refractivity contribution < 1.29 is 12.8 Å². The van der Waals surface area contributed by atoms with Crippen LogP contribution in [0, 0.1) is 0 Å². The molecule has 0 bridgehead atoms. The van der Waals surface area contributed by atoms with Gasteiger partial charge in [0, 0.05) is 30.9 Å². The second kappa shape index (κ2) is 6.67. The maximum Gasteiger partial charge on any atom is 0.247 e. The monoisotopic (exact) mass is 330 g/mol. The zero-order chi connectivity index (χ0) is 16.1. The quantitative estimate of drug-likeness (QED) is 0.738. The number of benzene rings is 1. The molecule has 0 unspecified atom stereocenters. The Morgan fingerprint density at radius 1 is 1.00 bits per heavy atom. The molecule has 0 fully saturated rings. The van der Waals surface area contributed by atoms with E-state index in [0.717, 1.165) is 5.56 Å². The Labute approximate surface area is 133 Å². The largest absolute Gasteiger partial charge is 0.421 e. The van der Waals surface area contributed by atoms with Gasteiger partial charge in [0.05, 0.1) is 4.90 Å². The molecule has 1 aromatic carbocycles. The highest BCUT2D eigenvalue weighted by Gasteiger charge is 2.14. The third-order valence-electron chi connectivity index (χ3n) is 3.08. The molecule has 1 N–H and O–H groups in total. The van der Waals surface area contributed by atoms with E-state index >= 15 is 0 Å². The Hall–Kier alpha value is -2.58. The summed E-state index contributed by atoms with van der Waals surface area (Å²) in [4.78, 5) is 4.14. The van der Waals surface area contributed by atoms with E-state index in [-0.39, 0.29) is 11.4 Å². The molecule has 7 nitrogen and oxygen atoms in total. The average Bonchev–Trinajstić information content (AvgIpc) is 3.05. The number of nitrogens with zero attached hydrogens (tertiary/aromatic N) is 3. The lowest BCUT2D eigenvalue weighted by molar-refractivity contribution is 0.502. The minimum atomic E-state index is -3.52. The average molecular weight is 330 g/mol. The van der Waals surface area contributed by atoms with Gasteiger partial charge in [-0.15, -0.1) is 10.2 Å². The predicted molar refractivity (Wildman–Crippen MR) is 82.9 cm³/mol. The standard InChI is InChI=1S/C15H14N4O3S/c20-23(21,13-4-2-1-3-5-13)17-11-8-14-18-19-15(22-14)12-6-9-16-10-7-12/h1-7,9-10,17H,8,11H2. The molecule has 8 heteroatoms. The molecule has 0 radical (unpaired) electrons. The summed E-state index contributed by atoms with van der Waals surface area (Å²) < 4.78 is 32.1. The molecule has 0 aliphatic carbocycles. The van der Waals surface area contributed by atoms with E-state index in [0.29, 0.717) is 18.2 Å². The molecule has 0 saturated heterocycles. The van der Waals surface area contributed by atoms with Crippen LogP contribution in [-0.2, 0) is 16.4 Å². The van der Waals surface area contributed by atoms with Crippen LogP contribution >= 0.6 is 0 Å². The molecule has 2 heterocycles. The van der Waals surface area contributed by atoms with E-state index in [1.54, 1.807) is 42.7 Å². The zero-order valence-electron chi connectivity index (χ0n) is 12.1. The number of nitrogens with one attached hydrogen (secondary N) is 1. The number of rotatable bonds is 6. The van der Waals surface area contributed by atoms with E-state index < -0.39 is 10.0 Å². The normalized spacial score (nSPS) is 11.5. The van der Waals surface area contributed by atoms with Crippen molar-refractivity contribution in [1.29, 1.82) is 0 Å². The van der Waals surface area contributed by atoms with Gasteiger partial charge in [0.2, 0.25) is 21.8 Å². The van der Waals surface area contributed by atoms with Gasteiger partial charge in [-0.25, -0.2) is 13.1 Å². The minimum Gasteiger partial charge on any atom is -0.421 e. The molecule has 3 aromatic rings. The minimum absolute atomic E-state index is 0.176. The summed E-state index contributed by atoms with van der Waals surface area (Å²) >= 11 is 0. The number of sulfonamides is 1. The van der Waals surface area contributed by atoms with Crippen LogP contribution < -0.4 is 4.72 Å². The highest BCUT2D eigenvalue weighted by Crippen LogP contribution is 2.16. The third kappa shape index (κ3) is 3.79. The fourth-order valence-electron chi connectivity index (χ4n) is 1.94. The Kier molecular flexibility index (Phi) is 4.45. The lowest BCUT2D eigenvalue weighted by Gasteiger charge is -2.04. The first-order valence-corrected chi connectivity index (χ1v) is 8.41. The summed E-state index contributed by atoms with van der Waals surface area (Å²) in [6.45, 7) is 0.176. The number of pyridine rings is 1. The Morgan fingerprint density at radius 2 is 1.74 bits per heavy atom. The first-order valence-electron chi connectivity index (χ1n) is 6.93. The Bertz CT molecular complexity index is 864. The second-order valence-electron chi connectivity index (χ2n) is 4.70. The topological polar surface area (TPSA) is 98.0 Å². The maximum absolute atomic E-state index is 12.1. The van der Waals surface area contributed by atoms with Gasteiger partial charge in [-0.05, 0) is 24.3 Å². The first-order chi connectivity index (χ1) is 11.1. The summed E-state index contributed by atoms with van der Waals surface area (Å²) in [6.07, 6.45) is 3.57. The fourth-order valence-corrected chi connectivity index (χ4v) is 2.99. The molecule has 2 aromatic heterocycles. The van der Waals surface area contributed by atoms with Crippen LogP contribution in [0.3, 0.4) is 0 Å². The molecule has 0 saturated carbocycles. The van der Waals surface area contributed by atoms with Gasteiger partial charge in [0.25, 0.3) is 0 Å². The zero-order valence-corrected chi connectivity index (χ0v) is 12.9. The summed E-state index contributed by atoms with van der Waals surface area (Å²) in [5, 5.41) is 7.85. The van der Waals surface area contributed by atoms with E-state index in [9.17, 15) is 8.42 Å². The maximum atomic E-state index is 12.1. The number of aromatic nitrogens is 3. The van der Waals surface area contributed by atoms with Crippen molar-refractivity contribution in [2.24, 2.45) is 0 Å². The van der Waals surface area contributed by atoms with Crippen LogP contribution in [0.25, 0.3) is 11.5 Å². The summed E-state index contributed by atoms with van der Waals surface area (Å²) in [7, 11) is -3.52. The highest BCUT2D eigenvalue weighted by atomic mass is 32.2. The summed E-state index contributed by atoms with van der Waals surface area (Å²) in [5.41, 5.74) is 0.767. The second-order valence-corrected chi connectivity index (χ2v) is 6.46. The summed E-state index contributed by atoms with van der Waals surface area (Å²) in [6, 6.07) is 11.7. The molecule has 118 valence electrons. The van der Waals surface area contributed by atoms with Gasteiger partial charge in [-0.2, -0.15) is 0 Å². The van der Waals surface area contributed by atoms with Crippen molar-refractivity contribution >= 4 is 10.0 Å². The number of hydrogen-bond donors (Lipinski definition) is 1.